The van der Waals surface area contributed by atoms with Crippen LogP contribution in [0.4, 0.5) is 0 Å². The molecule has 21 heavy (non-hydrogen) atoms. The van der Waals surface area contributed by atoms with Gasteiger partial charge in [-0.25, -0.2) is 0 Å². The quantitative estimate of drug-likeness (QED) is 0.851. The molecule has 0 aliphatic heterocycles. The highest BCUT2D eigenvalue weighted by Crippen LogP contribution is 2.26. The lowest BCUT2D eigenvalue weighted by atomic mass is 10.1. The first kappa shape index (κ1) is 15.2. The molecule has 4 heteroatoms. The normalized spacial score (nSPS) is 10.2. The highest BCUT2D eigenvalue weighted by Gasteiger charge is 2.07. The summed E-state index contributed by atoms with van der Waals surface area (Å²) in [4.78, 5) is 0. The van der Waals surface area contributed by atoms with Crippen molar-refractivity contribution in [2.24, 2.45) is 5.73 Å². The molecule has 0 spiro atoms. The Labute approximate surface area is 125 Å². The molecule has 0 radical (unpaired) electrons. The van der Waals surface area contributed by atoms with Crippen LogP contribution in [0, 0.1) is 0 Å². The topological polar surface area (TPSA) is 53.7 Å². The molecular formula is C17H21NO3. The molecule has 2 N–H and O–H groups in total. The second-order valence-electron chi connectivity index (χ2n) is 4.61. The Kier molecular flexibility index (Phi) is 5.46. The van der Waals surface area contributed by atoms with Gasteiger partial charge in [-0.1, -0.05) is 18.2 Å². The lowest BCUT2D eigenvalue weighted by molar-refractivity contribution is 0.293. The van der Waals surface area contributed by atoms with Crippen LogP contribution >= 0.6 is 0 Å². The monoisotopic (exact) mass is 287 g/mol. The number of para-hydroxylation sites is 1. The molecule has 0 unspecified atom stereocenters. The van der Waals surface area contributed by atoms with E-state index in [0.29, 0.717) is 13.2 Å². The van der Waals surface area contributed by atoms with E-state index in [9.17, 15) is 0 Å². The number of nitrogens with two attached hydrogens (primary N) is 1. The lowest BCUT2D eigenvalue weighted by Gasteiger charge is -2.14. The van der Waals surface area contributed by atoms with Crippen LogP contribution in [0.2, 0.25) is 0 Å². The summed E-state index contributed by atoms with van der Waals surface area (Å²) in [7, 11) is 3.31. The summed E-state index contributed by atoms with van der Waals surface area (Å²) in [6.07, 6.45) is 0.748. The first-order chi connectivity index (χ1) is 10.3. The molecule has 2 aromatic carbocycles. The Bertz CT molecular complexity index is 584. The molecule has 0 amide bonds. The lowest BCUT2D eigenvalue weighted by Crippen LogP contribution is -2.06. The van der Waals surface area contributed by atoms with Crippen molar-refractivity contribution in [2.45, 2.75) is 13.0 Å². The van der Waals surface area contributed by atoms with Gasteiger partial charge in [0.1, 0.15) is 23.9 Å². The van der Waals surface area contributed by atoms with Gasteiger partial charge in [0.2, 0.25) is 0 Å². The molecule has 0 saturated carbocycles. The molecular weight excluding hydrogens is 266 g/mol. The van der Waals surface area contributed by atoms with Crippen LogP contribution in [0.3, 0.4) is 0 Å². The van der Waals surface area contributed by atoms with E-state index in [1.54, 1.807) is 14.2 Å². The van der Waals surface area contributed by atoms with E-state index in [1.807, 2.05) is 42.5 Å². The van der Waals surface area contributed by atoms with E-state index in [2.05, 4.69) is 0 Å². The third-order valence-electron chi connectivity index (χ3n) is 3.26. The van der Waals surface area contributed by atoms with Crippen LogP contribution in [0.1, 0.15) is 11.1 Å². The second-order valence-corrected chi connectivity index (χ2v) is 4.61. The van der Waals surface area contributed by atoms with E-state index < -0.39 is 0 Å². The summed E-state index contributed by atoms with van der Waals surface area (Å²) < 4.78 is 16.5. The van der Waals surface area contributed by atoms with Crippen molar-refractivity contribution in [1.82, 2.24) is 0 Å². The van der Waals surface area contributed by atoms with Gasteiger partial charge in [0, 0.05) is 5.56 Å². The zero-order valence-electron chi connectivity index (χ0n) is 12.5. The Morgan fingerprint density at radius 3 is 2.43 bits per heavy atom. The van der Waals surface area contributed by atoms with E-state index in [4.69, 9.17) is 19.9 Å². The molecule has 0 aliphatic carbocycles. The first-order valence-electron chi connectivity index (χ1n) is 6.90. The Morgan fingerprint density at radius 2 is 1.71 bits per heavy atom. The third kappa shape index (κ3) is 3.89. The van der Waals surface area contributed by atoms with E-state index in [1.165, 1.54) is 0 Å². The van der Waals surface area contributed by atoms with E-state index >= 15 is 0 Å². The van der Waals surface area contributed by atoms with Gasteiger partial charge in [-0.2, -0.15) is 0 Å². The van der Waals surface area contributed by atoms with Gasteiger partial charge in [-0.15, -0.1) is 0 Å². The molecule has 0 fully saturated rings. The van der Waals surface area contributed by atoms with Crippen molar-refractivity contribution < 1.29 is 14.2 Å². The van der Waals surface area contributed by atoms with Crippen molar-refractivity contribution in [3.63, 3.8) is 0 Å². The Hall–Kier alpha value is -2.20. The maximum atomic E-state index is 5.93. The molecule has 2 aromatic rings. The molecule has 0 heterocycles. The molecule has 0 atom stereocenters. The summed E-state index contributed by atoms with van der Waals surface area (Å²) in [5, 5.41) is 0. The van der Waals surface area contributed by atoms with Crippen LogP contribution in [0.5, 0.6) is 17.2 Å². The van der Waals surface area contributed by atoms with E-state index in [0.717, 1.165) is 34.8 Å². The summed E-state index contributed by atoms with van der Waals surface area (Å²) in [5.41, 5.74) is 7.71. The van der Waals surface area contributed by atoms with Crippen molar-refractivity contribution in [3.05, 3.63) is 53.6 Å². The van der Waals surface area contributed by atoms with Crippen molar-refractivity contribution >= 4 is 0 Å². The zero-order chi connectivity index (χ0) is 15.1. The van der Waals surface area contributed by atoms with Crippen molar-refractivity contribution in [3.8, 4) is 17.2 Å². The smallest absolute Gasteiger partial charge is 0.125 e. The first-order valence-corrected chi connectivity index (χ1v) is 6.90. The fourth-order valence-electron chi connectivity index (χ4n) is 2.15. The largest absolute Gasteiger partial charge is 0.497 e. The number of benzene rings is 2. The van der Waals surface area contributed by atoms with Gasteiger partial charge >= 0.3 is 0 Å². The molecule has 0 aliphatic rings. The van der Waals surface area contributed by atoms with Crippen LogP contribution in [0.25, 0.3) is 0 Å². The predicted octanol–water partition coefficient (Wildman–Crippen LogP) is 2.78. The number of rotatable bonds is 7. The highest BCUT2D eigenvalue weighted by atomic mass is 16.5. The van der Waals surface area contributed by atoms with Crippen molar-refractivity contribution in [1.29, 1.82) is 0 Å². The van der Waals surface area contributed by atoms with E-state index in [-0.39, 0.29) is 0 Å². The van der Waals surface area contributed by atoms with Gasteiger partial charge in [0.25, 0.3) is 0 Å². The van der Waals surface area contributed by atoms with Gasteiger partial charge < -0.3 is 19.9 Å². The predicted molar refractivity (Wildman–Crippen MR) is 83.1 cm³/mol. The number of hydrogen-bond donors (Lipinski definition) is 1. The van der Waals surface area contributed by atoms with Crippen LogP contribution in [-0.2, 0) is 13.0 Å². The maximum absolute atomic E-state index is 5.93. The fraction of sp³-hybridized carbons (Fsp3) is 0.294. The molecule has 112 valence electrons. The molecule has 0 bridgehead atoms. The number of hydrogen-bond acceptors (Lipinski definition) is 4. The average Bonchev–Trinajstić information content (AvgIpc) is 2.54. The average molecular weight is 287 g/mol. The number of ether oxygens (including phenoxy) is 3. The minimum Gasteiger partial charge on any atom is -0.497 e. The van der Waals surface area contributed by atoms with Gasteiger partial charge in [-0.05, 0) is 42.8 Å². The molecule has 4 nitrogen and oxygen atoms in total. The summed E-state index contributed by atoms with van der Waals surface area (Å²) in [5.74, 6) is 2.46. The molecule has 0 saturated heterocycles. The summed E-state index contributed by atoms with van der Waals surface area (Å²) in [6, 6.07) is 13.6. The highest BCUT2D eigenvalue weighted by molar-refractivity contribution is 5.41. The maximum Gasteiger partial charge on any atom is 0.125 e. The van der Waals surface area contributed by atoms with Gasteiger partial charge in [-0.3, -0.25) is 0 Å². The molecule has 0 aromatic heterocycles. The third-order valence-corrected chi connectivity index (χ3v) is 3.26. The SMILES string of the molecule is COc1ccc(OCc2ccccc2OC)c(CCN)c1. The minimum atomic E-state index is 0.452. The van der Waals surface area contributed by atoms with Gasteiger partial charge in [0.05, 0.1) is 14.2 Å². The standard InChI is InChI=1S/C17H21NO3/c1-19-15-7-8-17(13(11-15)9-10-18)21-12-14-5-3-4-6-16(14)20-2/h3-8,11H,9-10,12,18H2,1-2H3. The van der Waals surface area contributed by atoms with Crippen LogP contribution in [-0.4, -0.2) is 20.8 Å². The van der Waals surface area contributed by atoms with Gasteiger partial charge in [0.15, 0.2) is 0 Å². The fourth-order valence-corrected chi connectivity index (χ4v) is 2.15. The zero-order valence-corrected chi connectivity index (χ0v) is 12.5. The minimum absolute atomic E-state index is 0.452. The van der Waals surface area contributed by atoms with Crippen LogP contribution < -0.4 is 19.9 Å². The summed E-state index contributed by atoms with van der Waals surface area (Å²) in [6.45, 7) is 1.02. The van der Waals surface area contributed by atoms with Crippen LogP contribution in [0.15, 0.2) is 42.5 Å². The molecule has 2 rings (SSSR count). The Balaban J connectivity index is 2.15. The second kappa shape index (κ2) is 7.55. The summed E-state index contributed by atoms with van der Waals surface area (Å²) >= 11 is 0. The van der Waals surface area contributed by atoms with Crippen molar-refractivity contribution in [2.75, 3.05) is 20.8 Å². The Morgan fingerprint density at radius 1 is 0.905 bits per heavy atom. The number of methoxy groups -OCH3 is 2.